The van der Waals surface area contributed by atoms with Gasteiger partial charge in [0, 0.05) is 56.1 Å². The third kappa shape index (κ3) is 7.08. The van der Waals surface area contributed by atoms with Gasteiger partial charge in [-0.1, -0.05) is 45.1 Å². The summed E-state index contributed by atoms with van der Waals surface area (Å²) in [5.74, 6) is -0.104. The lowest BCUT2D eigenvalue weighted by Crippen LogP contribution is -2.50. The van der Waals surface area contributed by atoms with E-state index in [9.17, 15) is 28.1 Å². The van der Waals surface area contributed by atoms with Crippen LogP contribution in [0.15, 0.2) is 54.6 Å². The molecule has 0 spiro atoms. The lowest BCUT2D eigenvalue weighted by molar-refractivity contribution is -0.388. The molecule has 1 fully saturated rings. The predicted molar refractivity (Wildman–Crippen MR) is 143 cm³/mol. The van der Waals surface area contributed by atoms with Gasteiger partial charge >= 0.3 is 6.18 Å². The minimum atomic E-state index is -4.85. The molecule has 1 amide bonds. The molecule has 1 aliphatic heterocycles. The van der Waals surface area contributed by atoms with Crippen molar-refractivity contribution >= 4 is 23.0 Å². The van der Waals surface area contributed by atoms with E-state index < -0.39 is 22.4 Å². The Morgan fingerprint density at radius 3 is 2.31 bits per heavy atom. The van der Waals surface area contributed by atoms with Crippen molar-refractivity contribution in [1.82, 2.24) is 4.90 Å². The van der Waals surface area contributed by atoms with E-state index in [4.69, 9.17) is 4.74 Å². The molecule has 1 heterocycles. The van der Waals surface area contributed by atoms with Crippen LogP contribution in [0.25, 0.3) is 0 Å². The summed E-state index contributed by atoms with van der Waals surface area (Å²) in [5.41, 5.74) is 0.320. The second kappa shape index (κ2) is 11.3. The average molecular weight is 547 g/mol. The maximum Gasteiger partial charge on any atom is 0.423 e. The highest BCUT2D eigenvalue weighted by Crippen LogP contribution is 2.38. The summed E-state index contributed by atoms with van der Waals surface area (Å²) in [6.07, 6.45) is -1.27. The summed E-state index contributed by atoms with van der Waals surface area (Å²) in [6.45, 7) is 9.09. The number of anilines is 2. The Morgan fingerprint density at radius 2 is 1.72 bits per heavy atom. The van der Waals surface area contributed by atoms with E-state index >= 15 is 0 Å². The largest absolute Gasteiger partial charge is 0.423 e. The van der Waals surface area contributed by atoms with E-state index in [2.05, 4.69) is 55.3 Å². The highest BCUT2D eigenvalue weighted by atomic mass is 19.4. The predicted octanol–water partition coefficient (Wildman–Crippen LogP) is 5.39. The van der Waals surface area contributed by atoms with Gasteiger partial charge in [-0.3, -0.25) is 14.9 Å². The Hall–Kier alpha value is -3.60. The summed E-state index contributed by atoms with van der Waals surface area (Å²) < 4.78 is 45.5. The maximum atomic E-state index is 13.3. The first-order valence-electron chi connectivity index (χ1n) is 12.9. The summed E-state index contributed by atoms with van der Waals surface area (Å²) >= 11 is 0. The lowest BCUT2D eigenvalue weighted by atomic mass is 9.87. The molecule has 1 saturated heterocycles. The van der Waals surface area contributed by atoms with Gasteiger partial charge in [-0.05, 0) is 35.2 Å². The number of alkyl halides is 3. The van der Waals surface area contributed by atoms with Gasteiger partial charge in [-0.15, -0.1) is 0 Å². The second-order valence-corrected chi connectivity index (χ2v) is 10.9. The van der Waals surface area contributed by atoms with Crippen LogP contribution in [0.2, 0.25) is 0 Å². The van der Waals surface area contributed by atoms with Gasteiger partial charge < -0.3 is 19.9 Å². The van der Waals surface area contributed by atoms with E-state index in [0.717, 1.165) is 30.9 Å². The van der Waals surface area contributed by atoms with Gasteiger partial charge in [0.2, 0.25) is 5.91 Å². The Bertz CT molecular complexity index is 1220. The number of nitrogens with zero attached hydrogens (tertiary/aromatic N) is 3. The van der Waals surface area contributed by atoms with E-state index in [-0.39, 0.29) is 35.8 Å². The number of ether oxygens (including phenoxy) is 1. The number of nitrogens with one attached hydrogen (secondary N) is 1. The molecule has 0 aromatic heterocycles. The molecule has 0 bridgehead atoms. The molecule has 0 saturated carbocycles. The molecular weight excluding hydrogens is 513 g/mol. The summed E-state index contributed by atoms with van der Waals surface area (Å²) in [7, 11) is 0. The molecular formula is C28H33F3N4O4. The zero-order valence-corrected chi connectivity index (χ0v) is 22.2. The highest BCUT2D eigenvalue weighted by molar-refractivity contribution is 5.77. The van der Waals surface area contributed by atoms with Crippen molar-refractivity contribution in [2.45, 2.75) is 50.9 Å². The number of hydrogen-bond donors (Lipinski definition) is 1. The third-order valence-electron chi connectivity index (χ3n) is 7.05. The first-order valence-corrected chi connectivity index (χ1v) is 12.9. The lowest BCUT2D eigenvalue weighted by Gasteiger charge is -2.36. The van der Waals surface area contributed by atoms with Gasteiger partial charge in [0.1, 0.15) is 12.2 Å². The molecule has 1 aliphatic carbocycles. The Balaban J connectivity index is 1.23. The number of halogens is 3. The van der Waals surface area contributed by atoms with Crippen LogP contribution in [0, 0.1) is 10.1 Å². The summed E-state index contributed by atoms with van der Waals surface area (Å²) in [4.78, 5) is 26.7. The van der Waals surface area contributed by atoms with E-state index in [1.807, 2.05) is 0 Å². The molecule has 1 unspecified atom stereocenters. The quantitative estimate of drug-likeness (QED) is 0.285. The van der Waals surface area contributed by atoms with Crippen LogP contribution in [-0.4, -0.2) is 60.7 Å². The van der Waals surface area contributed by atoms with Crippen molar-refractivity contribution in [3.8, 4) is 0 Å². The fraction of sp³-hybridized carbons (Fsp3) is 0.464. The van der Waals surface area contributed by atoms with Gasteiger partial charge in [0.05, 0.1) is 11.0 Å². The van der Waals surface area contributed by atoms with Crippen LogP contribution < -0.4 is 10.2 Å². The van der Waals surface area contributed by atoms with E-state index in [0.29, 0.717) is 19.5 Å². The molecule has 1 N–H and O–H groups in total. The average Bonchev–Trinajstić information content (AvgIpc) is 3.33. The van der Waals surface area contributed by atoms with Crippen molar-refractivity contribution in [3.63, 3.8) is 0 Å². The number of nitro groups is 1. The molecule has 2 aromatic carbocycles. The monoisotopic (exact) mass is 546 g/mol. The molecule has 2 aliphatic rings. The van der Waals surface area contributed by atoms with Crippen molar-refractivity contribution < 1.29 is 27.6 Å². The Kier molecular flexibility index (Phi) is 8.20. The number of amides is 1. The van der Waals surface area contributed by atoms with Crippen molar-refractivity contribution in [1.29, 1.82) is 0 Å². The van der Waals surface area contributed by atoms with Crippen molar-refractivity contribution in [2.75, 3.05) is 43.0 Å². The van der Waals surface area contributed by atoms with Crippen LogP contribution >= 0.6 is 0 Å². The van der Waals surface area contributed by atoms with Gasteiger partial charge in [-0.25, -0.2) is 0 Å². The fourth-order valence-electron chi connectivity index (χ4n) is 4.78. The highest BCUT2D eigenvalue weighted by Gasteiger charge is 2.38. The minimum absolute atomic E-state index is 0.0856. The topological polar surface area (TPSA) is 88.0 Å². The summed E-state index contributed by atoms with van der Waals surface area (Å²) in [6, 6.07) is 11.0. The standard InChI is InChI=1S/C28H33F3N4O4/c1-27(2,3)19-4-8-22(9-5-19)33-12-14-34(15-13-33)26(36)18-39-23-10-6-20(16-23)32-21-7-11-25(35(37)38)24(17-21)28(29,30)31/h4-11,17,20,23,32H,12-16,18H2,1-3H3/t20-,23?/m1/s1. The van der Waals surface area contributed by atoms with Crippen LogP contribution in [-0.2, 0) is 21.1 Å². The number of hydrogen-bond acceptors (Lipinski definition) is 6. The first-order chi connectivity index (χ1) is 18.3. The fourth-order valence-corrected chi connectivity index (χ4v) is 4.78. The number of carbonyl (C=O) groups excluding carboxylic acids is 1. The van der Waals surface area contributed by atoms with E-state index in [1.54, 1.807) is 17.1 Å². The molecule has 210 valence electrons. The maximum absolute atomic E-state index is 13.3. The molecule has 4 rings (SSSR count). The van der Waals surface area contributed by atoms with Crippen LogP contribution in [0.5, 0.6) is 0 Å². The third-order valence-corrected chi connectivity index (χ3v) is 7.05. The van der Waals surface area contributed by atoms with E-state index in [1.165, 1.54) is 11.6 Å². The SMILES string of the molecule is CC(C)(C)c1ccc(N2CCN(C(=O)COC3C=C[C@@H](Nc4ccc([N+](=O)[O-])c(C(F)(F)F)c4)C3)CC2)cc1. The normalized spacial score (nSPS) is 19.8. The van der Waals surface area contributed by atoms with Crippen LogP contribution in [0.3, 0.4) is 0 Å². The molecule has 2 atom stereocenters. The number of nitro benzene ring substituents is 1. The summed E-state index contributed by atoms with van der Waals surface area (Å²) in [5, 5.41) is 13.9. The molecule has 2 aromatic rings. The number of benzene rings is 2. The molecule has 39 heavy (non-hydrogen) atoms. The van der Waals surface area contributed by atoms with Gasteiger partial charge in [0.25, 0.3) is 5.69 Å². The number of rotatable bonds is 7. The Labute approximate surface area is 225 Å². The van der Waals surface area contributed by atoms with Crippen molar-refractivity contribution in [2.24, 2.45) is 0 Å². The second-order valence-electron chi connectivity index (χ2n) is 10.9. The Morgan fingerprint density at radius 1 is 1.05 bits per heavy atom. The first kappa shape index (κ1) is 28.4. The zero-order chi connectivity index (χ0) is 28.4. The number of piperazine rings is 1. The molecule has 0 radical (unpaired) electrons. The smallest absolute Gasteiger partial charge is 0.379 e. The number of carbonyl (C=O) groups is 1. The molecule has 11 heteroatoms. The van der Waals surface area contributed by atoms with Gasteiger partial charge in [-0.2, -0.15) is 13.2 Å². The minimum Gasteiger partial charge on any atom is -0.379 e. The zero-order valence-electron chi connectivity index (χ0n) is 22.2. The van der Waals surface area contributed by atoms with Crippen LogP contribution in [0.1, 0.15) is 38.3 Å². The van der Waals surface area contributed by atoms with Gasteiger partial charge in [0.15, 0.2) is 0 Å². The van der Waals surface area contributed by atoms with Crippen LogP contribution in [0.4, 0.5) is 30.2 Å². The van der Waals surface area contributed by atoms with Crippen molar-refractivity contribution in [3.05, 3.63) is 75.9 Å². The molecule has 8 nitrogen and oxygen atoms in total.